The van der Waals surface area contributed by atoms with Crippen molar-refractivity contribution in [3.63, 3.8) is 0 Å². The molecule has 0 radical (unpaired) electrons. The summed E-state index contributed by atoms with van der Waals surface area (Å²) in [6.07, 6.45) is 1.64. The van der Waals surface area contributed by atoms with Crippen LogP contribution in [0.2, 0.25) is 0 Å². The van der Waals surface area contributed by atoms with Gasteiger partial charge in [-0.2, -0.15) is 5.10 Å². The lowest BCUT2D eigenvalue weighted by Crippen LogP contribution is -2.37. The maximum atomic E-state index is 12.2. The van der Waals surface area contributed by atoms with Crippen LogP contribution in [0.5, 0.6) is 0 Å². The number of H-pyrrole nitrogens is 1. The number of aromatic amines is 1. The van der Waals surface area contributed by atoms with Gasteiger partial charge >= 0.3 is 0 Å². The number of carbonyl (C=O) groups excluding carboxylic acids is 1. The molecule has 0 spiro atoms. The van der Waals surface area contributed by atoms with Gasteiger partial charge in [0.1, 0.15) is 0 Å². The molecule has 0 aliphatic heterocycles. The Morgan fingerprint density at radius 2 is 2.05 bits per heavy atom. The lowest BCUT2D eigenvalue weighted by molar-refractivity contribution is 0.0957. The molecule has 0 atom stereocenters. The van der Waals surface area contributed by atoms with Crippen molar-refractivity contribution >= 4 is 26.8 Å². The van der Waals surface area contributed by atoms with Crippen LogP contribution >= 0.6 is 0 Å². The number of fused-ring (bicyclic) bond motifs is 1. The van der Waals surface area contributed by atoms with Gasteiger partial charge < -0.3 is 5.32 Å². The molecular formula is C14H20N4O3S. The molecule has 1 aromatic heterocycles. The number of nitrogens with zero attached hydrogens (tertiary/aromatic N) is 2. The molecule has 1 amide bonds. The number of aromatic nitrogens is 2. The van der Waals surface area contributed by atoms with Gasteiger partial charge in [-0.15, -0.1) is 0 Å². The van der Waals surface area contributed by atoms with Crippen molar-refractivity contribution in [2.24, 2.45) is 0 Å². The second kappa shape index (κ2) is 6.89. The van der Waals surface area contributed by atoms with Crippen molar-refractivity contribution in [3.8, 4) is 0 Å². The van der Waals surface area contributed by atoms with Gasteiger partial charge in [0.25, 0.3) is 5.91 Å². The molecule has 0 aliphatic rings. The third-order valence-electron chi connectivity index (χ3n) is 3.47. The van der Waals surface area contributed by atoms with E-state index in [4.69, 9.17) is 0 Å². The Labute approximate surface area is 129 Å². The van der Waals surface area contributed by atoms with Crippen molar-refractivity contribution in [2.75, 3.05) is 25.4 Å². The Hall–Kier alpha value is -1.93. The van der Waals surface area contributed by atoms with Gasteiger partial charge in [0, 0.05) is 25.0 Å². The monoisotopic (exact) mass is 324 g/mol. The smallest absolute Gasteiger partial charge is 0.253 e. The summed E-state index contributed by atoms with van der Waals surface area (Å²) in [7, 11) is -3.33. The summed E-state index contributed by atoms with van der Waals surface area (Å²) in [6.45, 7) is 4.51. The van der Waals surface area contributed by atoms with Gasteiger partial charge in [0.2, 0.25) is 10.0 Å². The van der Waals surface area contributed by atoms with Crippen LogP contribution in [0, 0.1) is 0 Å². The van der Waals surface area contributed by atoms with Gasteiger partial charge in [-0.25, -0.2) is 12.7 Å². The number of sulfonamides is 1. The van der Waals surface area contributed by atoms with Crippen LogP contribution in [0.25, 0.3) is 10.9 Å². The van der Waals surface area contributed by atoms with Crippen LogP contribution in [0.1, 0.15) is 24.2 Å². The van der Waals surface area contributed by atoms with Crippen LogP contribution in [-0.4, -0.2) is 54.2 Å². The minimum absolute atomic E-state index is 0.0716. The highest BCUT2D eigenvalue weighted by Crippen LogP contribution is 2.15. The summed E-state index contributed by atoms with van der Waals surface area (Å²) in [6, 6.07) is 5.29. The Kier molecular flexibility index (Phi) is 5.15. The second-order valence-corrected chi connectivity index (χ2v) is 6.88. The number of amides is 1. The zero-order valence-corrected chi connectivity index (χ0v) is 13.5. The maximum Gasteiger partial charge on any atom is 0.253 e. The topological polar surface area (TPSA) is 95.2 Å². The first kappa shape index (κ1) is 16.4. The van der Waals surface area contributed by atoms with Crippen molar-refractivity contribution in [1.82, 2.24) is 19.8 Å². The van der Waals surface area contributed by atoms with Crippen LogP contribution in [0.15, 0.2) is 24.4 Å². The van der Waals surface area contributed by atoms with E-state index in [9.17, 15) is 13.2 Å². The minimum Gasteiger partial charge on any atom is -0.351 e. The molecule has 2 rings (SSSR count). The average molecular weight is 324 g/mol. The summed E-state index contributed by atoms with van der Waals surface area (Å²) in [4.78, 5) is 12.2. The van der Waals surface area contributed by atoms with Gasteiger partial charge in [0.05, 0.1) is 23.0 Å². The number of carbonyl (C=O) groups is 1. The van der Waals surface area contributed by atoms with E-state index >= 15 is 0 Å². The molecule has 0 bridgehead atoms. The van der Waals surface area contributed by atoms with E-state index in [0.29, 0.717) is 24.2 Å². The zero-order valence-electron chi connectivity index (χ0n) is 12.7. The van der Waals surface area contributed by atoms with E-state index in [0.717, 1.165) is 5.39 Å². The van der Waals surface area contributed by atoms with E-state index in [2.05, 4.69) is 15.5 Å². The number of nitrogens with one attached hydrogen (secondary N) is 2. The quantitative estimate of drug-likeness (QED) is 0.793. The first-order valence-corrected chi connectivity index (χ1v) is 8.78. The highest BCUT2D eigenvalue weighted by Gasteiger charge is 2.19. The van der Waals surface area contributed by atoms with Crippen LogP contribution in [0.4, 0.5) is 0 Å². The molecule has 0 saturated heterocycles. The van der Waals surface area contributed by atoms with Crippen molar-refractivity contribution in [2.45, 2.75) is 13.8 Å². The molecule has 2 aromatic rings. The molecule has 1 aromatic carbocycles. The summed E-state index contributed by atoms with van der Waals surface area (Å²) < 4.78 is 25.5. The first-order chi connectivity index (χ1) is 10.5. The molecule has 7 nitrogen and oxygen atoms in total. The number of hydrogen-bond acceptors (Lipinski definition) is 4. The molecule has 0 aliphatic carbocycles. The van der Waals surface area contributed by atoms with E-state index in [-0.39, 0.29) is 18.2 Å². The second-order valence-electron chi connectivity index (χ2n) is 4.80. The molecule has 22 heavy (non-hydrogen) atoms. The molecule has 120 valence electrons. The average Bonchev–Trinajstić information content (AvgIpc) is 2.96. The Balaban J connectivity index is 2.00. The summed E-state index contributed by atoms with van der Waals surface area (Å²) in [5.74, 6) is -0.427. The van der Waals surface area contributed by atoms with Crippen LogP contribution in [0.3, 0.4) is 0 Å². The highest BCUT2D eigenvalue weighted by molar-refractivity contribution is 7.89. The van der Waals surface area contributed by atoms with Crippen LogP contribution in [-0.2, 0) is 10.0 Å². The molecule has 0 unspecified atom stereocenters. The van der Waals surface area contributed by atoms with Gasteiger partial charge in [0.15, 0.2) is 0 Å². The number of rotatable bonds is 7. The lowest BCUT2D eigenvalue weighted by atomic mass is 10.1. The molecule has 2 N–H and O–H groups in total. The lowest BCUT2D eigenvalue weighted by Gasteiger charge is -2.18. The fourth-order valence-electron chi connectivity index (χ4n) is 2.29. The predicted octanol–water partition coefficient (Wildman–Crippen LogP) is 0.964. The fraction of sp³-hybridized carbons (Fsp3) is 0.429. The summed E-state index contributed by atoms with van der Waals surface area (Å²) in [5.41, 5.74) is 1.10. The molecule has 0 saturated carbocycles. The molecule has 0 fully saturated rings. The van der Waals surface area contributed by atoms with Gasteiger partial charge in [-0.1, -0.05) is 26.0 Å². The minimum atomic E-state index is -3.33. The standard InChI is InChI=1S/C14H20N4O3S/c1-3-18(4-2)22(20,21)9-8-15-14(19)12-7-5-6-11-10-16-17-13(11)12/h5-7,10H,3-4,8-9H2,1-2H3,(H,15,19)(H,16,17). The van der Waals surface area contributed by atoms with E-state index in [1.54, 1.807) is 32.2 Å². The summed E-state index contributed by atoms with van der Waals surface area (Å²) >= 11 is 0. The van der Waals surface area contributed by atoms with E-state index in [1.165, 1.54) is 4.31 Å². The third kappa shape index (κ3) is 3.45. The zero-order chi connectivity index (χ0) is 16.2. The van der Waals surface area contributed by atoms with Gasteiger partial charge in [-0.3, -0.25) is 9.89 Å². The number of para-hydroxylation sites is 1. The Morgan fingerprint density at radius 3 is 2.73 bits per heavy atom. The predicted molar refractivity (Wildman–Crippen MR) is 85.1 cm³/mol. The fourth-order valence-corrected chi connectivity index (χ4v) is 3.70. The highest BCUT2D eigenvalue weighted by atomic mass is 32.2. The molecular weight excluding hydrogens is 304 g/mol. The first-order valence-electron chi connectivity index (χ1n) is 7.17. The summed E-state index contributed by atoms with van der Waals surface area (Å²) in [5, 5.41) is 10.2. The van der Waals surface area contributed by atoms with Crippen molar-refractivity contribution in [1.29, 1.82) is 0 Å². The SMILES string of the molecule is CCN(CC)S(=O)(=O)CCNC(=O)c1cccc2cn[nH]c12. The van der Waals surface area contributed by atoms with Crippen molar-refractivity contribution < 1.29 is 13.2 Å². The van der Waals surface area contributed by atoms with Crippen molar-refractivity contribution in [3.05, 3.63) is 30.0 Å². The van der Waals surface area contributed by atoms with Gasteiger partial charge in [-0.05, 0) is 6.07 Å². The maximum absolute atomic E-state index is 12.2. The largest absolute Gasteiger partial charge is 0.351 e. The normalized spacial score (nSPS) is 12.0. The molecule has 8 heteroatoms. The van der Waals surface area contributed by atoms with E-state index in [1.807, 2.05) is 6.07 Å². The van der Waals surface area contributed by atoms with Crippen LogP contribution < -0.4 is 5.32 Å². The third-order valence-corrected chi connectivity index (χ3v) is 5.49. The number of hydrogen-bond donors (Lipinski definition) is 2. The Bertz CT molecular complexity index is 750. The Morgan fingerprint density at radius 1 is 1.32 bits per heavy atom. The molecule has 1 heterocycles. The van der Waals surface area contributed by atoms with E-state index < -0.39 is 10.0 Å². The number of benzene rings is 1.